The third-order valence-corrected chi connectivity index (χ3v) is 6.11. The van der Waals surface area contributed by atoms with Gasteiger partial charge in [-0.1, -0.05) is 12.1 Å². The van der Waals surface area contributed by atoms with Crippen molar-refractivity contribution in [3.63, 3.8) is 0 Å². The Bertz CT molecular complexity index is 887. The van der Waals surface area contributed by atoms with Gasteiger partial charge in [0.25, 0.3) is 0 Å². The lowest BCUT2D eigenvalue weighted by molar-refractivity contribution is 0.204. The van der Waals surface area contributed by atoms with E-state index in [0.29, 0.717) is 25.7 Å². The molecule has 11 heteroatoms. The van der Waals surface area contributed by atoms with Crippen molar-refractivity contribution in [2.75, 3.05) is 33.9 Å². The minimum Gasteiger partial charge on any atom is -0.383 e. The molecule has 0 saturated heterocycles. The second-order valence-corrected chi connectivity index (χ2v) is 8.83. The molecule has 29 heavy (non-hydrogen) atoms. The number of rotatable bonds is 10. The number of hydrogen-bond acceptors (Lipinski definition) is 6. The molecule has 2 rings (SSSR count). The Kier molecular flexibility index (Phi) is 11.6. The van der Waals surface area contributed by atoms with Crippen molar-refractivity contribution in [1.82, 2.24) is 20.3 Å². The number of nitrogens with one attached hydrogen (secondary N) is 3. The van der Waals surface area contributed by atoms with Gasteiger partial charge in [-0.15, -0.1) is 35.3 Å². The summed E-state index contributed by atoms with van der Waals surface area (Å²) in [4.78, 5) is 8.85. The smallest absolute Gasteiger partial charge is 0.240 e. The Morgan fingerprint density at radius 3 is 2.72 bits per heavy atom. The molecule has 3 N–H and O–H groups in total. The summed E-state index contributed by atoms with van der Waals surface area (Å²) in [5, 5.41) is 9.54. The van der Waals surface area contributed by atoms with Crippen LogP contribution in [0.3, 0.4) is 0 Å². The third kappa shape index (κ3) is 8.95. The number of aryl methyl sites for hydroxylation is 1. The predicted molar refractivity (Wildman–Crippen MR) is 128 cm³/mol. The van der Waals surface area contributed by atoms with Gasteiger partial charge in [0.15, 0.2) is 5.96 Å². The fraction of sp³-hybridized carbons (Fsp3) is 0.444. The predicted octanol–water partition coefficient (Wildman–Crippen LogP) is 1.90. The molecule has 0 fully saturated rings. The maximum Gasteiger partial charge on any atom is 0.240 e. The van der Waals surface area contributed by atoms with Gasteiger partial charge in [-0.2, -0.15) is 0 Å². The second kappa shape index (κ2) is 13.1. The van der Waals surface area contributed by atoms with Gasteiger partial charge in [0, 0.05) is 45.6 Å². The standard InChI is InChI=1S/C18H27N5O3S2.HI/c1-14-23-16(13-27-14)7-8-20-18(19-2)21-12-15-5-4-6-17(11-15)28(24,25)22-9-10-26-3;/h4-6,11,13,22H,7-10,12H2,1-3H3,(H2,19,20,21);1H. The number of guanidine groups is 1. The first-order valence-corrected chi connectivity index (χ1v) is 11.2. The van der Waals surface area contributed by atoms with Crippen LogP contribution in [0.4, 0.5) is 0 Å². The number of nitrogens with zero attached hydrogens (tertiary/aromatic N) is 2. The molecule has 2 aromatic rings. The minimum absolute atomic E-state index is 0. The molecule has 0 saturated carbocycles. The monoisotopic (exact) mass is 553 g/mol. The number of hydrogen-bond donors (Lipinski definition) is 3. The van der Waals surface area contributed by atoms with E-state index in [4.69, 9.17) is 4.74 Å². The number of aromatic nitrogens is 1. The quantitative estimate of drug-likeness (QED) is 0.180. The number of methoxy groups -OCH3 is 1. The topological polar surface area (TPSA) is 105 Å². The molecular formula is C18H28IN5O3S2. The van der Waals surface area contributed by atoms with E-state index in [-0.39, 0.29) is 35.4 Å². The van der Waals surface area contributed by atoms with Crippen LogP contribution in [0.5, 0.6) is 0 Å². The van der Waals surface area contributed by atoms with Crippen LogP contribution >= 0.6 is 35.3 Å². The molecule has 0 spiro atoms. The Morgan fingerprint density at radius 1 is 1.28 bits per heavy atom. The summed E-state index contributed by atoms with van der Waals surface area (Å²) in [7, 11) is -0.327. The fourth-order valence-corrected chi connectivity index (χ4v) is 4.15. The molecule has 1 heterocycles. The van der Waals surface area contributed by atoms with Crippen LogP contribution < -0.4 is 15.4 Å². The zero-order valence-corrected chi connectivity index (χ0v) is 20.7. The molecule has 0 amide bonds. The van der Waals surface area contributed by atoms with E-state index < -0.39 is 10.0 Å². The molecule has 0 atom stereocenters. The van der Waals surface area contributed by atoms with Crippen LogP contribution in [0.25, 0.3) is 0 Å². The summed E-state index contributed by atoms with van der Waals surface area (Å²) >= 11 is 1.64. The second-order valence-electron chi connectivity index (χ2n) is 6.00. The summed E-state index contributed by atoms with van der Waals surface area (Å²) < 4.78 is 32.0. The molecule has 1 aromatic heterocycles. The van der Waals surface area contributed by atoms with Gasteiger partial charge in [-0.25, -0.2) is 18.1 Å². The van der Waals surface area contributed by atoms with Gasteiger partial charge in [-0.3, -0.25) is 4.99 Å². The summed E-state index contributed by atoms with van der Waals surface area (Å²) in [6.07, 6.45) is 0.811. The molecule has 0 bridgehead atoms. The van der Waals surface area contributed by atoms with Gasteiger partial charge < -0.3 is 15.4 Å². The largest absolute Gasteiger partial charge is 0.383 e. The average molecular weight is 553 g/mol. The number of halogens is 1. The van der Waals surface area contributed by atoms with E-state index in [9.17, 15) is 8.42 Å². The van der Waals surface area contributed by atoms with Crippen LogP contribution in [-0.4, -0.2) is 53.2 Å². The fourth-order valence-electron chi connectivity index (χ4n) is 2.42. The zero-order chi connectivity index (χ0) is 20.4. The Labute approximate surface area is 193 Å². The van der Waals surface area contributed by atoms with Crippen molar-refractivity contribution < 1.29 is 13.2 Å². The maximum absolute atomic E-state index is 12.3. The summed E-state index contributed by atoms with van der Waals surface area (Å²) in [6.45, 7) is 3.71. The maximum atomic E-state index is 12.3. The van der Waals surface area contributed by atoms with Crippen LogP contribution in [-0.2, 0) is 27.7 Å². The third-order valence-electron chi connectivity index (χ3n) is 3.83. The van der Waals surface area contributed by atoms with E-state index in [2.05, 4.69) is 30.7 Å². The Hall–Kier alpha value is -1.28. The molecule has 1 aromatic carbocycles. The zero-order valence-electron chi connectivity index (χ0n) is 16.8. The number of sulfonamides is 1. The lowest BCUT2D eigenvalue weighted by Gasteiger charge is -2.12. The molecule has 0 radical (unpaired) electrons. The van der Waals surface area contributed by atoms with E-state index in [0.717, 1.165) is 22.7 Å². The van der Waals surface area contributed by atoms with Gasteiger partial charge in [0.2, 0.25) is 10.0 Å². The summed E-state index contributed by atoms with van der Waals surface area (Å²) in [5.41, 5.74) is 1.90. The first kappa shape index (κ1) is 25.8. The van der Waals surface area contributed by atoms with Gasteiger partial charge in [0.1, 0.15) is 0 Å². The average Bonchev–Trinajstić information content (AvgIpc) is 3.10. The normalized spacial score (nSPS) is 11.8. The first-order valence-electron chi connectivity index (χ1n) is 8.87. The lowest BCUT2D eigenvalue weighted by Crippen LogP contribution is -2.37. The molecule has 0 aliphatic heterocycles. The highest BCUT2D eigenvalue weighted by Gasteiger charge is 2.13. The van der Waals surface area contributed by atoms with Crippen molar-refractivity contribution in [2.45, 2.75) is 24.8 Å². The van der Waals surface area contributed by atoms with Gasteiger partial charge in [0.05, 0.1) is 22.2 Å². The van der Waals surface area contributed by atoms with Crippen LogP contribution in [0.1, 0.15) is 16.3 Å². The number of benzene rings is 1. The molecule has 0 aliphatic carbocycles. The number of ether oxygens (including phenoxy) is 1. The van der Waals surface area contributed by atoms with Crippen molar-refractivity contribution >= 4 is 51.3 Å². The molecule has 162 valence electrons. The minimum atomic E-state index is -3.55. The van der Waals surface area contributed by atoms with Crippen molar-refractivity contribution in [3.8, 4) is 0 Å². The number of aliphatic imine (C=N–C) groups is 1. The van der Waals surface area contributed by atoms with E-state index in [1.807, 2.05) is 13.0 Å². The lowest BCUT2D eigenvalue weighted by atomic mass is 10.2. The van der Waals surface area contributed by atoms with E-state index >= 15 is 0 Å². The van der Waals surface area contributed by atoms with Crippen molar-refractivity contribution in [3.05, 3.63) is 45.9 Å². The van der Waals surface area contributed by atoms with E-state index in [1.165, 1.54) is 7.11 Å². The van der Waals surface area contributed by atoms with Gasteiger partial charge in [-0.05, 0) is 24.6 Å². The highest BCUT2D eigenvalue weighted by Crippen LogP contribution is 2.11. The molecular weight excluding hydrogens is 525 g/mol. The van der Waals surface area contributed by atoms with Crippen molar-refractivity contribution in [1.29, 1.82) is 0 Å². The van der Waals surface area contributed by atoms with Gasteiger partial charge >= 0.3 is 0 Å². The summed E-state index contributed by atoms with van der Waals surface area (Å²) in [6, 6.07) is 6.81. The molecule has 0 aliphatic rings. The summed E-state index contributed by atoms with van der Waals surface area (Å²) in [5.74, 6) is 0.651. The van der Waals surface area contributed by atoms with E-state index in [1.54, 1.807) is 36.6 Å². The first-order chi connectivity index (χ1) is 13.4. The van der Waals surface area contributed by atoms with Crippen LogP contribution in [0.2, 0.25) is 0 Å². The Morgan fingerprint density at radius 2 is 2.07 bits per heavy atom. The highest BCUT2D eigenvalue weighted by molar-refractivity contribution is 14.0. The van der Waals surface area contributed by atoms with Crippen molar-refractivity contribution in [2.24, 2.45) is 4.99 Å². The Balaban J connectivity index is 0.00000420. The van der Waals surface area contributed by atoms with Crippen LogP contribution in [0.15, 0.2) is 39.5 Å². The highest BCUT2D eigenvalue weighted by atomic mass is 127. The molecule has 8 nitrogen and oxygen atoms in total. The SMILES string of the molecule is CN=C(NCCc1csc(C)n1)NCc1cccc(S(=O)(=O)NCCOC)c1.I. The number of thiazole rings is 1. The molecule has 0 unspecified atom stereocenters. The van der Waals surface area contributed by atoms with Crippen LogP contribution in [0, 0.1) is 6.92 Å².